The molecule has 0 aliphatic heterocycles. The first kappa shape index (κ1) is 25.5. The number of nitrogens with one attached hydrogen (secondary N) is 1. The Morgan fingerprint density at radius 3 is 2.35 bits per heavy atom. The molecule has 0 saturated heterocycles. The number of anilines is 1. The third-order valence-electron chi connectivity index (χ3n) is 4.86. The summed E-state index contributed by atoms with van der Waals surface area (Å²) in [5, 5.41) is 14.5. The number of nitrogens with zero attached hydrogens (tertiary/aromatic N) is 1. The molecule has 34 heavy (non-hydrogen) atoms. The second kappa shape index (κ2) is 10.9. The van der Waals surface area contributed by atoms with Crippen LogP contribution in [0.1, 0.15) is 16.7 Å². The summed E-state index contributed by atoms with van der Waals surface area (Å²) in [4.78, 5) is -0.308. The van der Waals surface area contributed by atoms with E-state index in [-0.39, 0.29) is 22.8 Å². The lowest BCUT2D eigenvalue weighted by Crippen LogP contribution is -2.21. The Morgan fingerprint density at radius 1 is 0.971 bits per heavy atom. The van der Waals surface area contributed by atoms with Crippen molar-refractivity contribution >= 4 is 37.3 Å². The second-order valence-corrected chi connectivity index (χ2v) is 11.2. The highest BCUT2D eigenvalue weighted by Gasteiger charge is 2.19. The molecule has 3 aromatic rings. The third-order valence-corrected chi connectivity index (χ3v) is 7.34. The number of nitrogens with two attached hydrogens (primary N) is 1. The quantitative estimate of drug-likeness (QED) is 0.420. The normalized spacial score (nSPS) is 11.6. The van der Waals surface area contributed by atoms with Gasteiger partial charge in [-0.05, 0) is 53.9 Å². The Kier molecular flexibility index (Phi) is 8.17. The van der Waals surface area contributed by atoms with E-state index < -0.39 is 20.0 Å². The molecule has 0 aliphatic carbocycles. The van der Waals surface area contributed by atoms with Gasteiger partial charge in [0.15, 0.2) is 0 Å². The lowest BCUT2D eigenvalue weighted by molar-refractivity contribution is 0.319. The zero-order chi connectivity index (χ0) is 24.8. The molecule has 0 saturated carbocycles. The molecule has 0 amide bonds. The predicted octanol–water partition coefficient (Wildman–Crippen LogP) is 3.46. The number of hydrogen-bond donors (Lipinski definition) is 2. The molecule has 0 fully saturated rings. The zero-order valence-electron chi connectivity index (χ0n) is 17.9. The van der Waals surface area contributed by atoms with Crippen LogP contribution in [0.3, 0.4) is 0 Å². The van der Waals surface area contributed by atoms with Crippen LogP contribution in [0.4, 0.5) is 5.69 Å². The average Bonchev–Trinajstić information content (AvgIpc) is 2.78. The molecule has 0 radical (unpaired) electrons. The molecule has 3 aromatic carbocycles. The van der Waals surface area contributed by atoms with Crippen LogP contribution in [0, 0.1) is 11.3 Å². The van der Waals surface area contributed by atoms with Crippen molar-refractivity contribution in [2.75, 3.05) is 17.1 Å². The predicted molar refractivity (Wildman–Crippen MR) is 131 cm³/mol. The van der Waals surface area contributed by atoms with Crippen LogP contribution in [0.25, 0.3) is 0 Å². The summed E-state index contributed by atoms with van der Waals surface area (Å²) >= 11 is 6.09. The van der Waals surface area contributed by atoms with Gasteiger partial charge in [-0.25, -0.2) is 22.0 Å². The summed E-state index contributed by atoms with van der Waals surface area (Å²) in [7, 11) is -8.00. The van der Waals surface area contributed by atoms with E-state index in [1.807, 2.05) is 12.1 Å². The average molecular weight is 520 g/mol. The van der Waals surface area contributed by atoms with Crippen molar-refractivity contribution in [3.63, 3.8) is 0 Å². The summed E-state index contributed by atoms with van der Waals surface area (Å²) < 4.78 is 56.9. The molecular formula is C23H22ClN3O5S2. The van der Waals surface area contributed by atoms with Crippen molar-refractivity contribution in [1.82, 2.24) is 0 Å². The van der Waals surface area contributed by atoms with E-state index >= 15 is 0 Å². The van der Waals surface area contributed by atoms with Gasteiger partial charge in [0.25, 0.3) is 0 Å². The highest BCUT2D eigenvalue weighted by Crippen LogP contribution is 2.26. The van der Waals surface area contributed by atoms with Gasteiger partial charge < -0.3 is 4.74 Å². The smallest absolute Gasteiger partial charge is 0.240 e. The minimum Gasteiger partial charge on any atom is -0.493 e. The van der Waals surface area contributed by atoms with Crippen LogP contribution >= 0.6 is 11.6 Å². The number of nitriles is 1. The van der Waals surface area contributed by atoms with Crippen molar-refractivity contribution in [1.29, 1.82) is 5.26 Å². The van der Waals surface area contributed by atoms with Crippen molar-refractivity contribution in [2.24, 2.45) is 5.14 Å². The zero-order valence-corrected chi connectivity index (χ0v) is 20.3. The van der Waals surface area contributed by atoms with Crippen LogP contribution in [0.5, 0.6) is 5.75 Å². The van der Waals surface area contributed by atoms with Crippen LogP contribution in [0.2, 0.25) is 5.02 Å². The Hall–Kier alpha value is -3.10. The summed E-state index contributed by atoms with van der Waals surface area (Å²) in [5.41, 5.74) is 2.08. The van der Waals surface area contributed by atoms with Crippen LogP contribution in [-0.2, 0) is 32.9 Å². The third kappa shape index (κ3) is 7.20. The van der Waals surface area contributed by atoms with Gasteiger partial charge in [0.1, 0.15) is 10.6 Å². The summed E-state index contributed by atoms with van der Waals surface area (Å²) in [6.45, 7) is 0.325. The first-order chi connectivity index (χ1) is 16.1. The standard InChI is InChI=1S/C23H22ClN3O5S2/c24-20-10-9-19(22(15-20)32-13-11-17-5-7-18(16-25)8-6-17)12-14-33(28,29)27-21-3-1-2-4-23(21)34(26,30)31/h1-10,15,27H,11-14H2,(H2,26,30,31). The summed E-state index contributed by atoms with van der Waals surface area (Å²) in [5.74, 6) is 0.140. The van der Waals surface area contributed by atoms with Gasteiger partial charge in [0, 0.05) is 11.4 Å². The van der Waals surface area contributed by atoms with E-state index in [1.54, 1.807) is 30.3 Å². The Labute approximate surface area is 204 Å². The highest BCUT2D eigenvalue weighted by atomic mass is 35.5. The Bertz CT molecular complexity index is 1420. The number of halogens is 1. The van der Waals surface area contributed by atoms with E-state index in [1.165, 1.54) is 24.3 Å². The molecule has 8 nitrogen and oxygen atoms in total. The molecule has 0 unspecified atom stereocenters. The number of primary sulfonamides is 1. The number of ether oxygens (including phenoxy) is 1. The fourth-order valence-electron chi connectivity index (χ4n) is 3.16. The Morgan fingerprint density at radius 2 is 1.68 bits per heavy atom. The van der Waals surface area contributed by atoms with Crippen molar-refractivity contribution in [2.45, 2.75) is 17.7 Å². The van der Waals surface area contributed by atoms with Gasteiger partial charge in [-0.3, -0.25) is 4.72 Å². The molecule has 0 aliphatic rings. The maximum Gasteiger partial charge on any atom is 0.240 e. The number of hydrogen-bond acceptors (Lipinski definition) is 6. The van der Waals surface area contributed by atoms with E-state index in [9.17, 15) is 16.8 Å². The van der Waals surface area contributed by atoms with E-state index in [0.717, 1.165) is 5.56 Å². The minimum absolute atomic E-state index is 0.107. The van der Waals surface area contributed by atoms with E-state index in [2.05, 4.69) is 10.8 Å². The van der Waals surface area contributed by atoms with Crippen LogP contribution in [-0.4, -0.2) is 29.2 Å². The maximum absolute atomic E-state index is 12.6. The molecule has 3 rings (SSSR count). The molecule has 0 heterocycles. The van der Waals surface area contributed by atoms with Gasteiger partial charge in [-0.15, -0.1) is 0 Å². The topological polar surface area (TPSA) is 139 Å². The molecule has 0 spiro atoms. The lowest BCUT2D eigenvalue weighted by atomic mass is 10.1. The lowest BCUT2D eigenvalue weighted by Gasteiger charge is -2.14. The van der Waals surface area contributed by atoms with Gasteiger partial charge in [0.05, 0.1) is 29.7 Å². The molecule has 0 aromatic heterocycles. The van der Waals surface area contributed by atoms with Crippen molar-refractivity contribution in [3.05, 3.63) is 88.4 Å². The van der Waals surface area contributed by atoms with E-state index in [4.69, 9.17) is 26.7 Å². The number of aryl methyl sites for hydroxylation is 1. The van der Waals surface area contributed by atoms with E-state index in [0.29, 0.717) is 34.9 Å². The first-order valence-electron chi connectivity index (χ1n) is 10.1. The van der Waals surface area contributed by atoms with Crippen molar-refractivity contribution in [3.8, 4) is 11.8 Å². The van der Waals surface area contributed by atoms with Gasteiger partial charge in [-0.2, -0.15) is 5.26 Å². The SMILES string of the molecule is N#Cc1ccc(CCOc2cc(Cl)ccc2CCS(=O)(=O)Nc2ccccc2S(N)(=O)=O)cc1. The largest absolute Gasteiger partial charge is 0.493 e. The second-order valence-electron chi connectivity index (χ2n) is 7.37. The molecule has 178 valence electrons. The molecule has 0 atom stereocenters. The molecular weight excluding hydrogens is 498 g/mol. The van der Waals surface area contributed by atoms with Crippen molar-refractivity contribution < 1.29 is 21.6 Å². The number of benzene rings is 3. The molecule has 11 heteroatoms. The number of rotatable bonds is 10. The summed E-state index contributed by atoms with van der Waals surface area (Å²) in [6, 6.07) is 19.7. The van der Waals surface area contributed by atoms with Gasteiger partial charge >= 0.3 is 0 Å². The molecule has 3 N–H and O–H groups in total. The van der Waals surface area contributed by atoms with Crippen LogP contribution < -0.4 is 14.6 Å². The first-order valence-corrected chi connectivity index (χ1v) is 13.7. The highest BCUT2D eigenvalue weighted by molar-refractivity contribution is 7.93. The fourth-order valence-corrected chi connectivity index (χ4v) is 5.18. The number of para-hydroxylation sites is 1. The maximum atomic E-state index is 12.6. The summed E-state index contributed by atoms with van der Waals surface area (Å²) in [6.07, 6.45) is 0.693. The molecule has 0 bridgehead atoms. The minimum atomic E-state index is -4.10. The monoisotopic (exact) mass is 519 g/mol. The van der Waals surface area contributed by atoms with Crippen LogP contribution in [0.15, 0.2) is 71.6 Å². The fraction of sp³-hybridized carbons (Fsp3) is 0.174. The van der Waals surface area contributed by atoms with Gasteiger partial charge in [-0.1, -0.05) is 41.9 Å². The Balaban J connectivity index is 1.67. The number of sulfonamides is 2. The van der Waals surface area contributed by atoms with Gasteiger partial charge in [0.2, 0.25) is 20.0 Å².